The number of fused-ring (bicyclic) bond motifs is 2. The minimum absolute atomic E-state index is 0.0575. The predicted octanol–water partition coefficient (Wildman–Crippen LogP) is 6.54. The van der Waals surface area contributed by atoms with Gasteiger partial charge in [0.1, 0.15) is 0 Å². The second-order valence-corrected chi connectivity index (χ2v) is 8.58. The van der Waals surface area contributed by atoms with E-state index in [-0.39, 0.29) is 10.8 Å². The summed E-state index contributed by atoms with van der Waals surface area (Å²) in [6, 6.07) is 5.04. The molecule has 0 aliphatic heterocycles. The van der Waals surface area contributed by atoms with Crippen LogP contribution in [-0.2, 0) is 18.3 Å². The Morgan fingerprint density at radius 3 is 1.92 bits per heavy atom. The Bertz CT molecular complexity index is 804. The highest BCUT2D eigenvalue weighted by molar-refractivity contribution is 5.71. The minimum Gasteiger partial charge on any atom is -0.0724 e. The van der Waals surface area contributed by atoms with Crippen LogP contribution >= 0.6 is 0 Å². The van der Waals surface area contributed by atoms with E-state index in [1.165, 1.54) is 42.4 Å². The maximum absolute atomic E-state index is 2.55. The second-order valence-electron chi connectivity index (χ2n) is 8.58. The number of allylic oxidation sites excluding steroid dienone is 5. The van der Waals surface area contributed by atoms with Gasteiger partial charge in [0.15, 0.2) is 0 Å². The van der Waals surface area contributed by atoms with Gasteiger partial charge >= 0.3 is 0 Å². The van der Waals surface area contributed by atoms with Crippen LogP contribution in [0.2, 0.25) is 0 Å². The molecular formula is C24H30. The largest absolute Gasteiger partial charge is 0.0724 e. The predicted molar refractivity (Wildman–Crippen MR) is 104 cm³/mol. The first-order valence-corrected chi connectivity index (χ1v) is 9.52. The lowest BCUT2D eigenvalue weighted by molar-refractivity contribution is 0.317. The molecule has 1 aromatic rings. The summed E-state index contributed by atoms with van der Waals surface area (Å²) in [7, 11) is 0. The van der Waals surface area contributed by atoms with Crippen molar-refractivity contribution in [1.29, 1.82) is 0 Å². The molecule has 1 unspecified atom stereocenters. The molecule has 126 valence electrons. The smallest absolute Gasteiger partial charge is 0.0241 e. The summed E-state index contributed by atoms with van der Waals surface area (Å²) in [4.78, 5) is 0. The van der Waals surface area contributed by atoms with Crippen molar-refractivity contribution < 1.29 is 0 Å². The molecule has 3 aliphatic carbocycles. The molecule has 0 heteroatoms. The number of aryl methyl sites for hydroxylation is 2. The van der Waals surface area contributed by atoms with Crippen molar-refractivity contribution in [3.63, 3.8) is 0 Å². The van der Waals surface area contributed by atoms with Crippen molar-refractivity contribution in [1.82, 2.24) is 0 Å². The maximum atomic E-state index is 2.55. The van der Waals surface area contributed by atoms with Gasteiger partial charge in [0.05, 0.1) is 0 Å². The molecule has 0 amide bonds. The number of hydrogen-bond donors (Lipinski definition) is 0. The van der Waals surface area contributed by atoms with Crippen molar-refractivity contribution in [2.24, 2.45) is 5.41 Å². The fourth-order valence-corrected chi connectivity index (χ4v) is 5.55. The summed E-state index contributed by atoms with van der Waals surface area (Å²) < 4.78 is 0. The molecule has 0 fully saturated rings. The molecular weight excluding hydrogens is 288 g/mol. The first kappa shape index (κ1) is 15.9. The van der Waals surface area contributed by atoms with Crippen LogP contribution in [0.25, 0.3) is 6.08 Å². The molecule has 0 spiro atoms. The van der Waals surface area contributed by atoms with Crippen LogP contribution in [0.5, 0.6) is 0 Å². The molecule has 0 aromatic heterocycles. The molecule has 0 heterocycles. The Labute approximate surface area is 147 Å². The van der Waals surface area contributed by atoms with Gasteiger partial charge in [0.25, 0.3) is 0 Å². The SMILES string of the molecule is CC1=C(C)C(C)(C2(C)C=Cc3cc4c(cc32)CCCC4)C(C)=C1C. The van der Waals surface area contributed by atoms with Crippen LogP contribution in [0, 0.1) is 5.41 Å². The van der Waals surface area contributed by atoms with E-state index in [2.05, 4.69) is 65.8 Å². The van der Waals surface area contributed by atoms with E-state index in [1.54, 1.807) is 27.8 Å². The lowest BCUT2D eigenvalue weighted by Gasteiger charge is -2.45. The first-order valence-electron chi connectivity index (χ1n) is 9.52. The van der Waals surface area contributed by atoms with E-state index in [4.69, 9.17) is 0 Å². The zero-order valence-electron chi connectivity index (χ0n) is 16.1. The van der Waals surface area contributed by atoms with Crippen LogP contribution in [0.1, 0.15) is 76.6 Å². The molecule has 0 radical (unpaired) electrons. The zero-order chi connectivity index (χ0) is 17.3. The summed E-state index contributed by atoms with van der Waals surface area (Å²) in [5.41, 5.74) is 12.4. The standard InChI is InChI=1S/C24H30/c1-15-16(2)18(4)24(6,17(15)3)23(5)12-11-21-13-19-9-7-8-10-20(19)14-22(21)23/h11-14H,7-10H2,1-6H3. The fourth-order valence-electron chi connectivity index (χ4n) is 5.55. The van der Waals surface area contributed by atoms with Crippen LogP contribution < -0.4 is 0 Å². The normalized spacial score (nSPS) is 27.8. The Morgan fingerprint density at radius 1 is 0.792 bits per heavy atom. The highest BCUT2D eigenvalue weighted by atomic mass is 14.5. The molecule has 1 atom stereocenters. The molecule has 24 heavy (non-hydrogen) atoms. The van der Waals surface area contributed by atoms with Gasteiger partial charge in [0.2, 0.25) is 0 Å². The van der Waals surface area contributed by atoms with Gasteiger partial charge in [0, 0.05) is 10.8 Å². The fraction of sp³-hybridized carbons (Fsp3) is 0.500. The van der Waals surface area contributed by atoms with Crippen molar-refractivity contribution >= 4 is 6.08 Å². The van der Waals surface area contributed by atoms with E-state index in [0.29, 0.717) is 0 Å². The molecule has 3 aliphatic rings. The van der Waals surface area contributed by atoms with Gasteiger partial charge in [-0.2, -0.15) is 0 Å². The Hall–Kier alpha value is -1.56. The Kier molecular flexibility index (Phi) is 3.30. The molecule has 4 rings (SSSR count). The van der Waals surface area contributed by atoms with Gasteiger partial charge in [-0.3, -0.25) is 0 Å². The number of hydrogen-bond acceptors (Lipinski definition) is 0. The van der Waals surface area contributed by atoms with Gasteiger partial charge in [-0.25, -0.2) is 0 Å². The van der Waals surface area contributed by atoms with E-state index in [9.17, 15) is 0 Å². The van der Waals surface area contributed by atoms with E-state index in [1.807, 2.05) is 0 Å². The average Bonchev–Trinajstić information content (AvgIpc) is 3.00. The average molecular weight is 319 g/mol. The number of benzene rings is 1. The Balaban J connectivity index is 1.92. The lowest BCUT2D eigenvalue weighted by atomic mass is 9.57. The van der Waals surface area contributed by atoms with Crippen molar-refractivity contribution in [3.05, 3.63) is 62.8 Å². The third-order valence-electron chi connectivity index (χ3n) is 7.90. The van der Waals surface area contributed by atoms with Crippen LogP contribution in [0.15, 0.2) is 40.5 Å². The maximum Gasteiger partial charge on any atom is 0.0241 e. The lowest BCUT2D eigenvalue weighted by Crippen LogP contribution is -2.40. The minimum atomic E-state index is 0.0575. The van der Waals surface area contributed by atoms with E-state index in [0.717, 1.165) is 0 Å². The van der Waals surface area contributed by atoms with Gasteiger partial charge < -0.3 is 0 Å². The number of rotatable bonds is 1. The van der Waals surface area contributed by atoms with Crippen molar-refractivity contribution in [3.8, 4) is 0 Å². The highest BCUT2D eigenvalue weighted by Crippen LogP contribution is 2.60. The Morgan fingerprint density at radius 2 is 1.33 bits per heavy atom. The molecule has 0 N–H and O–H groups in total. The van der Waals surface area contributed by atoms with E-state index >= 15 is 0 Å². The molecule has 0 saturated heterocycles. The quantitative estimate of drug-likeness (QED) is 0.551. The third kappa shape index (κ3) is 1.75. The van der Waals surface area contributed by atoms with Gasteiger partial charge in [-0.15, -0.1) is 0 Å². The van der Waals surface area contributed by atoms with Gasteiger partial charge in [-0.1, -0.05) is 49.3 Å². The molecule has 1 aromatic carbocycles. The first-order chi connectivity index (χ1) is 11.3. The summed E-state index contributed by atoms with van der Waals surface area (Å²) in [5, 5.41) is 0. The molecule has 0 nitrogen and oxygen atoms in total. The summed E-state index contributed by atoms with van der Waals surface area (Å²) >= 11 is 0. The highest BCUT2D eigenvalue weighted by Gasteiger charge is 2.52. The van der Waals surface area contributed by atoms with Crippen LogP contribution in [0.4, 0.5) is 0 Å². The summed E-state index contributed by atoms with van der Waals surface area (Å²) in [6.07, 6.45) is 10.1. The third-order valence-corrected chi connectivity index (χ3v) is 7.90. The molecule has 0 saturated carbocycles. The zero-order valence-corrected chi connectivity index (χ0v) is 16.1. The van der Waals surface area contributed by atoms with Gasteiger partial charge in [-0.05, 0) is 86.8 Å². The topological polar surface area (TPSA) is 0 Å². The monoisotopic (exact) mass is 318 g/mol. The van der Waals surface area contributed by atoms with Crippen molar-refractivity contribution in [2.75, 3.05) is 0 Å². The second kappa shape index (κ2) is 4.97. The van der Waals surface area contributed by atoms with Crippen molar-refractivity contribution in [2.45, 2.75) is 72.6 Å². The van der Waals surface area contributed by atoms with Crippen LogP contribution in [0.3, 0.4) is 0 Å². The summed E-state index contributed by atoms with van der Waals surface area (Å²) in [5.74, 6) is 0. The summed E-state index contributed by atoms with van der Waals surface area (Å²) in [6.45, 7) is 14.2. The molecule has 0 bridgehead atoms. The van der Waals surface area contributed by atoms with E-state index < -0.39 is 0 Å². The van der Waals surface area contributed by atoms with Crippen LogP contribution in [-0.4, -0.2) is 0 Å².